The Labute approximate surface area is 56.5 Å². The molecule has 0 aliphatic heterocycles. The van der Waals surface area contributed by atoms with Gasteiger partial charge in [0, 0.05) is 11.4 Å². The highest BCUT2D eigenvalue weighted by molar-refractivity contribution is 7.80. The molecule has 0 amide bonds. The third-order valence-corrected chi connectivity index (χ3v) is 1.61. The summed E-state index contributed by atoms with van der Waals surface area (Å²) >= 11 is 5.01. The summed E-state index contributed by atoms with van der Waals surface area (Å²) in [4.78, 5) is 1.10. The predicted octanol–water partition coefficient (Wildman–Crippen LogP) is 1.23. The van der Waals surface area contributed by atoms with Gasteiger partial charge >= 0.3 is 0 Å². The minimum absolute atomic E-state index is 0.539. The molecular formula is C6H13NS. The summed E-state index contributed by atoms with van der Waals surface area (Å²) in [6.45, 7) is 5.09. The molecule has 0 aromatic rings. The van der Waals surface area contributed by atoms with E-state index >= 15 is 0 Å². The van der Waals surface area contributed by atoms with Crippen molar-refractivity contribution < 1.29 is 0 Å². The summed E-state index contributed by atoms with van der Waals surface area (Å²) in [6.07, 6.45) is 0. The van der Waals surface area contributed by atoms with E-state index in [4.69, 9.17) is 12.2 Å². The van der Waals surface area contributed by atoms with Gasteiger partial charge in [-0.1, -0.05) is 26.1 Å². The minimum Gasteiger partial charge on any atom is -0.315 e. The van der Waals surface area contributed by atoms with E-state index in [2.05, 4.69) is 19.2 Å². The van der Waals surface area contributed by atoms with Gasteiger partial charge in [-0.3, -0.25) is 0 Å². The lowest BCUT2D eigenvalue weighted by Crippen LogP contribution is -2.20. The van der Waals surface area contributed by atoms with Gasteiger partial charge in [0.15, 0.2) is 0 Å². The van der Waals surface area contributed by atoms with Crippen molar-refractivity contribution in [3.05, 3.63) is 0 Å². The zero-order valence-corrected chi connectivity index (χ0v) is 6.51. The van der Waals surface area contributed by atoms with Gasteiger partial charge in [0.25, 0.3) is 0 Å². The van der Waals surface area contributed by atoms with Crippen LogP contribution in [0.5, 0.6) is 0 Å². The summed E-state index contributed by atoms with van der Waals surface area (Å²) in [6, 6.07) is 0. The van der Waals surface area contributed by atoms with Gasteiger partial charge in [-0.25, -0.2) is 0 Å². The maximum absolute atomic E-state index is 5.01. The van der Waals surface area contributed by atoms with Gasteiger partial charge in [0.05, 0.1) is 0 Å². The fourth-order valence-corrected chi connectivity index (χ4v) is 0.523. The van der Waals surface area contributed by atoms with E-state index in [0.29, 0.717) is 5.92 Å². The average Bonchev–Trinajstić information content (AvgIpc) is 1.67. The fraction of sp³-hybridized carbons (Fsp3) is 0.833. The Morgan fingerprint density at radius 2 is 2.12 bits per heavy atom. The minimum atomic E-state index is 0.539. The third-order valence-electron chi connectivity index (χ3n) is 0.995. The molecule has 1 N–H and O–H groups in total. The number of thiocarbonyl (C=S) groups is 1. The van der Waals surface area contributed by atoms with Gasteiger partial charge in [-0.15, -0.1) is 0 Å². The molecule has 0 unspecified atom stereocenters. The Morgan fingerprint density at radius 1 is 1.62 bits per heavy atom. The van der Waals surface area contributed by atoms with Crippen molar-refractivity contribution in [2.24, 2.45) is 5.92 Å². The molecular weight excluding hydrogens is 118 g/mol. The molecule has 0 saturated heterocycles. The first kappa shape index (κ1) is 8.05. The summed E-state index contributed by atoms with van der Waals surface area (Å²) in [5.74, 6) is 0.539. The molecule has 0 aliphatic carbocycles. The molecule has 0 bridgehead atoms. The SMILES string of the molecule is CNCC(=S)C(C)C. The van der Waals surface area contributed by atoms with E-state index in [0.717, 1.165) is 11.4 Å². The number of rotatable bonds is 3. The van der Waals surface area contributed by atoms with E-state index < -0.39 is 0 Å². The number of hydrogen-bond acceptors (Lipinski definition) is 2. The second-order valence-corrected chi connectivity index (χ2v) is 2.68. The summed E-state index contributed by atoms with van der Waals surface area (Å²) in [7, 11) is 1.91. The molecule has 0 aliphatic rings. The fourth-order valence-electron chi connectivity index (χ4n) is 0.378. The van der Waals surface area contributed by atoms with Crippen LogP contribution in [0, 0.1) is 5.92 Å². The van der Waals surface area contributed by atoms with Crippen molar-refractivity contribution in [2.45, 2.75) is 13.8 Å². The maximum atomic E-state index is 5.01. The first-order valence-electron chi connectivity index (χ1n) is 2.85. The van der Waals surface area contributed by atoms with Crippen LogP contribution in [0.4, 0.5) is 0 Å². The highest BCUT2D eigenvalue weighted by atomic mass is 32.1. The van der Waals surface area contributed by atoms with Crippen LogP contribution in [-0.2, 0) is 0 Å². The maximum Gasteiger partial charge on any atom is 0.0268 e. The number of nitrogens with one attached hydrogen (secondary N) is 1. The highest BCUT2D eigenvalue weighted by Gasteiger charge is 1.98. The highest BCUT2D eigenvalue weighted by Crippen LogP contribution is 1.94. The Balaban J connectivity index is 3.33. The van der Waals surface area contributed by atoms with Gasteiger partial charge in [-0.05, 0) is 13.0 Å². The van der Waals surface area contributed by atoms with Crippen molar-refractivity contribution in [2.75, 3.05) is 13.6 Å². The quantitative estimate of drug-likeness (QED) is 0.578. The molecule has 0 aromatic heterocycles. The molecule has 1 nitrogen and oxygen atoms in total. The summed E-state index contributed by atoms with van der Waals surface area (Å²) in [5, 5.41) is 3.01. The summed E-state index contributed by atoms with van der Waals surface area (Å²) in [5.41, 5.74) is 0. The first-order chi connectivity index (χ1) is 3.68. The molecule has 0 radical (unpaired) electrons. The van der Waals surface area contributed by atoms with Crippen LogP contribution in [0.15, 0.2) is 0 Å². The van der Waals surface area contributed by atoms with Crippen LogP contribution in [0.1, 0.15) is 13.8 Å². The molecule has 0 aromatic carbocycles. The normalized spacial score (nSPS) is 10.0. The second-order valence-electron chi connectivity index (χ2n) is 2.15. The first-order valence-corrected chi connectivity index (χ1v) is 3.26. The van der Waals surface area contributed by atoms with E-state index in [1.165, 1.54) is 0 Å². The predicted molar refractivity (Wildman–Crippen MR) is 41.4 cm³/mol. The summed E-state index contributed by atoms with van der Waals surface area (Å²) < 4.78 is 0. The van der Waals surface area contributed by atoms with Crippen molar-refractivity contribution in [3.63, 3.8) is 0 Å². The van der Waals surface area contributed by atoms with Crippen LogP contribution in [0.2, 0.25) is 0 Å². The lowest BCUT2D eigenvalue weighted by Gasteiger charge is -2.04. The molecule has 0 fully saturated rings. The van der Waals surface area contributed by atoms with Gasteiger partial charge in [0.2, 0.25) is 0 Å². The Kier molecular flexibility index (Phi) is 4.01. The smallest absolute Gasteiger partial charge is 0.0268 e. The largest absolute Gasteiger partial charge is 0.315 e. The lowest BCUT2D eigenvalue weighted by atomic mass is 10.1. The Hall–Kier alpha value is 0.0500. The Morgan fingerprint density at radius 3 is 2.25 bits per heavy atom. The van der Waals surface area contributed by atoms with Crippen molar-refractivity contribution in [1.82, 2.24) is 5.32 Å². The van der Waals surface area contributed by atoms with E-state index in [1.54, 1.807) is 0 Å². The van der Waals surface area contributed by atoms with E-state index in [1.807, 2.05) is 7.05 Å². The van der Waals surface area contributed by atoms with E-state index in [-0.39, 0.29) is 0 Å². The molecule has 0 rings (SSSR count). The monoisotopic (exact) mass is 131 g/mol. The molecule has 0 spiro atoms. The third kappa shape index (κ3) is 3.10. The van der Waals surface area contributed by atoms with Gasteiger partial charge < -0.3 is 5.32 Å². The molecule has 0 saturated carbocycles. The topological polar surface area (TPSA) is 12.0 Å². The number of hydrogen-bond donors (Lipinski definition) is 1. The zero-order valence-electron chi connectivity index (χ0n) is 5.69. The lowest BCUT2D eigenvalue weighted by molar-refractivity contribution is 0.844. The zero-order chi connectivity index (χ0) is 6.57. The Bertz CT molecular complexity index is 78.6. The van der Waals surface area contributed by atoms with E-state index in [9.17, 15) is 0 Å². The van der Waals surface area contributed by atoms with Crippen molar-refractivity contribution in [1.29, 1.82) is 0 Å². The van der Waals surface area contributed by atoms with Crippen LogP contribution in [-0.4, -0.2) is 18.5 Å². The molecule has 8 heavy (non-hydrogen) atoms. The molecule has 0 atom stereocenters. The van der Waals surface area contributed by atoms with Gasteiger partial charge in [-0.2, -0.15) is 0 Å². The van der Waals surface area contributed by atoms with Crippen LogP contribution >= 0.6 is 12.2 Å². The second kappa shape index (κ2) is 3.98. The molecule has 0 heterocycles. The van der Waals surface area contributed by atoms with Crippen LogP contribution < -0.4 is 5.32 Å². The molecule has 2 heteroatoms. The van der Waals surface area contributed by atoms with Gasteiger partial charge in [0.1, 0.15) is 0 Å². The molecule has 48 valence electrons. The average molecular weight is 131 g/mol. The standard InChI is InChI=1S/C6H13NS/c1-5(2)6(8)4-7-3/h5,7H,4H2,1-3H3. The van der Waals surface area contributed by atoms with Crippen molar-refractivity contribution in [3.8, 4) is 0 Å². The van der Waals surface area contributed by atoms with Crippen molar-refractivity contribution >= 4 is 17.1 Å². The van der Waals surface area contributed by atoms with Crippen LogP contribution in [0.25, 0.3) is 0 Å². The van der Waals surface area contributed by atoms with Crippen LogP contribution in [0.3, 0.4) is 0 Å².